The van der Waals surface area contributed by atoms with Crippen molar-refractivity contribution in [2.75, 3.05) is 13.7 Å². The minimum atomic E-state index is 0.714. The van der Waals surface area contributed by atoms with Gasteiger partial charge >= 0.3 is 0 Å². The minimum absolute atomic E-state index is 0.714. The van der Waals surface area contributed by atoms with E-state index in [0.29, 0.717) is 6.61 Å². The fourth-order valence-electron chi connectivity index (χ4n) is 2.20. The number of halogens is 2. The van der Waals surface area contributed by atoms with Crippen LogP contribution < -0.4 is 14.8 Å². The van der Waals surface area contributed by atoms with Crippen LogP contribution in [0.5, 0.6) is 11.5 Å². The zero-order valence-electron chi connectivity index (χ0n) is 13.4. The van der Waals surface area contributed by atoms with E-state index in [1.54, 1.807) is 7.11 Å². The molecule has 0 bridgehead atoms. The van der Waals surface area contributed by atoms with Gasteiger partial charge in [-0.3, -0.25) is 0 Å². The van der Waals surface area contributed by atoms with E-state index in [0.717, 1.165) is 45.5 Å². The lowest BCUT2D eigenvalue weighted by molar-refractivity contribution is 0.311. The lowest BCUT2D eigenvalue weighted by atomic mass is 10.2. The highest BCUT2D eigenvalue weighted by atomic mass is 79.9. The molecule has 0 unspecified atom stereocenters. The highest BCUT2D eigenvalue weighted by molar-refractivity contribution is 9.11. The smallest absolute Gasteiger partial charge is 0.138 e. The first-order valence-corrected chi connectivity index (χ1v) is 9.17. The quantitative estimate of drug-likeness (QED) is 0.601. The highest BCUT2D eigenvalue weighted by Crippen LogP contribution is 2.33. The SMILES string of the molecule is CCCOc1c(Br)cc(Br)cc1CNCc1ccc(OC)cc1. The van der Waals surface area contributed by atoms with Crippen LogP contribution in [0.15, 0.2) is 45.3 Å². The summed E-state index contributed by atoms with van der Waals surface area (Å²) in [5.41, 5.74) is 2.35. The topological polar surface area (TPSA) is 30.5 Å². The number of hydrogen-bond donors (Lipinski definition) is 1. The van der Waals surface area contributed by atoms with Gasteiger partial charge in [-0.15, -0.1) is 0 Å². The summed E-state index contributed by atoms with van der Waals surface area (Å²) in [5, 5.41) is 3.46. The van der Waals surface area contributed by atoms with E-state index in [1.165, 1.54) is 5.56 Å². The maximum absolute atomic E-state index is 5.88. The van der Waals surface area contributed by atoms with Crippen molar-refractivity contribution in [2.45, 2.75) is 26.4 Å². The Kier molecular flexibility index (Phi) is 7.40. The second-order valence-electron chi connectivity index (χ2n) is 5.18. The van der Waals surface area contributed by atoms with Crippen LogP contribution >= 0.6 is 31.9 Å². The summed E-state index contributed by atoms with van der Waals surface area (Å²) in [4.78, 5) is 0. The van der Waals surface area contributed by atoms with Crippen LogP contribution in [0.1, 0.15) is 24.5 Å². The summed E-state index contributed by atoms with van der Waals surface area (Å²) in [6.45, 7) is 4.35. The third kappa shape index (κ3) is 5.52. The molecule has 0 aromatic heterocycles. The monoisotopic (exact) mass is 441 g/mol. The molecule has 0 saturated heterocycles. The molecular weight excluding hydrogens is 422 g/mol. The van der Waals surface area contributed by atoms with Crippen LogP contribution in [-0.4, -0.2) is 13.7 Å². The lowest BCUT2D eigenvalue weighted by Crippen LogP contribution is -2.14. The molecule has 0 aliphatic rings. The molecule has 0 radical (unpaired) electrons. The first-order chi connectivity index (χ1) is 11.1. The highest BCUT2D eigenvalue weighted by Gasteiger charge is 2.10. The third-order valence-corrected chi connectivity index (χ3v) is 4.39. The Balaban J connectivity index is 2.00. The van der Waals surface area contributed by atoms with Gasteiger partial charge in [-0.25, -0.2) is 0 Å². The molecule has 23 heavy (non-hydrogen) atoms. The van der Waals surface area contributed by atoms with Gasteiger partial charge in [0.05, 0.1) is 18.2 Å². The average molecular weight is 443 g/mol. The summed E-state index contributed by atoms with van der Waals surface area (Å²) < 4.78 is 13.1. The molecule has 2 aromatic rings. The standard InChI is InChI=1S/C18H21Br2NO2/c1-3-8-23-18-14(9-15(19)10-17(18)20)12-21-11-13-4-6-16(22-2)7-5-13/h4-7,9-10,21H,3,8,11-12H2,1-2H3. The molecule has 0 aliphatic carbocycles. The van der Waals surface area contributed by atoms with E-state index in [1.807, 2.05) is 18.2 Å². The predicted molar refractivity (Wildman–Crippen MR) is 101 cm³/mol. The van der Waals surface area contributed by atoms with Crippen LogP contribution in [0.25, 0.3) is 0 Å². The lowest BCUT2D eigenvalue weighted by Gasteiger charge is -2.14. The van der Waals surface area contributed by atoms with Gasteiger partial charge < -0.3 is 14.8 Å². The zero-order valence-corrected chi connectivity index (χ0v) is 16.5. The number of rotatable bonds is 8. The summed E-state index contributed by atoms with van der Waals surface area (Å²) in [6, 6.07) is 12.2. The maximum Gasteiger partial charge on any atom is 0.138 e. The van der Waals surface area contributed by atoms with Gasteiger partial charge in [0.25, 0.3) is 0 Å². The Labute approximate surface area is 154 Å². The maximum atomic E-state index is 5.88. The van der Waals surface area contributed by atoms with E-state index in [9.17, 15) is 0 Å². The fourth-order valence-corrected chi connectivity index (χ4v) is 3.62. The summed E-state index contributed by atoms with van der Waals surface area (Å²) in [5.74, 6) is 1.79. The Hall–Kier alpha value is -1.04. The van der Waals surface area contributed by atoms with E-state index < -0.39 is 0 Å². The number of ether oxygens (including phenoxy) is 2. The van der Waals surface area contributed by atoms with Crippen molar-refractivity contribution < 1.29 is 9.47 Å². The molecule has 0 aliphatic heterocycles. The number of benzene rings is 2. The molecule has 0 saturated carbocycles. The summed E-state index contributed by atoms with van der Waals surface area (Å²) in [7, 11) is 1.68. The largest absolute Gasteiger partial charge is 0.497 e. The van der Waals surface area contributed by atoms with Gasteiger partial charge in [0, 0.05) is 23.1 Å². The number of hydrogen-bond acceptors (Lipinski definition) is 3. The van der Waals surface area contributed by atoms with Gasteiger partial charge in [0.2, 0.25) is 0 Å². The first kappa shape index (κ1) is 18.3. The molecule has 0 atom stereocenters. The Morgan fingerprint density at radius 2 is 1.78 bits per heavy atom. The Bertz CT molecular complexity index is 630. The van der Waals surface area contributed by atoms with Crippen molar-refractivity contribution in [3.8, 4) is 11.5 Å². The molecule has 3 nitrogen and oxygen atoms in total. The number of nitrogens with one attached hydrogen (secondary N) is 1. The second kappa shape index (κ2) is 9.30. The van der Waals surface area contributed by atoms with Crippen molar-refractivity contribution in [2.24, 2.45) is 0 Å². The van der Waals surface area contributed by atoms with Gasteiger partial charge in [-0.1, -0.05) is 35.0 Å². The van der Waals surface area contributed by atoms with E-state index in [-0.39, 0.29) is 0 Å². The van der Waals surface area contributed by atoms with Crippen molar-refractivity contribution in [1.82, 2.24) is 5.32 Å². The molecule has 0 amide bonds. The Morgan fingerprint density at radius 3 is 2.43 bits per heavy atom. The fraction of sp³-hybridized carbons (Fsp3) is 0.333. The van der Waals surface area contributed by atoms with Crippen molar-refractivity contribution in [1.29, 1.82) is 0 Å². The van der Waals surface area contributed by atoms with Crippen LogP contribution in [0.2, 0.25) is 0 Å². The second-order valence-corrected chi connectivity index (χ2v) is 6.95. The molecule has 1 N–H and O–H groups in total. The van der Waals surface area contributed by atoms with Crippen molar-refractivity contribution in [3.63, 3.8) is 0 Å². The summed E-state index contributed by atoms with van der Waals surface area (Å²) >= 11 is 7.12. The molecule has 5 heteroatoms. The van der Waals surface area contributed by atoms with E-state index >= 15 is 0 Å². The predicted octanol–water partition coefficient (Wildman–Crippen LogP) is 5.30. The van der Waals surface area contributed by atoms with Crippen LogP contribution in [0.4, 0.5) is 0 Å². The van der Waals surface area contributed by atoms with Gasteiger partial charge in [-0.05, 0) is 52.2 Å². The minimum Gasteiger partial charge on any atom is -0.497 e. The van der Waals surface area contributed by atoms with Crippen molar-refractivity contribution in [3.05, 3.63) is 56.5 Å². The average Bonchev–Trinajstić information content (AvgIpc) is 2.54. The molecule has 0 fully saturated rings. The van der Waals surface area contributed by atoms with Gasteiger partial charge in [0.1, 0.15) is 11.5 Å². The van der Waals surface area contributed by atoms with E-state index in [2.05, 4.69) is 62.3 Å². The van der Waals surface area contributed by atoms with Gasteiger partial charge in [-0.2, -0.15) is 0 Å². The van der Waals surface area contributed by atoms with Crippen LogP contribution in [0, 0.1) is 0 Å². The number of methoxy groups -OCH3 is 1. The molecular formula is C18H21Br2NO2. The Morgan fingerprint density at radius 1 is 1.04 bits per heavy atom. The van der Waals surface area contributed by atoms with Crippen molar-refractivity contribution >= 4 is 31.9 Å². The summed E-state index contributed by atoms with van der Waals surface area (Å²) in [6.07, 6.45) is 0.987. The van der Waals surface area contributed by atoms with E-state index in [4.69, 9.17) is 9.47 Å². The molecule has 124 valence electrons. The zero-order chi connectivity index (χ0) is 16.7. The molecule has 0 spiro atoms. The molecule has 0 heterocycles. The molecule has 2 rings (SSSR count). The van der Waals surface area contributed by atoms with Crippen LogP contribution in [0.3, 0.4) is 0 Å². The van der Waals surface area contributed by atoms with Gasteiger partial charge in [0.15, 0.2) is 0 Å². The van der Waals surface area contributed by atoms with Crippen LogP contribution in [-0.2, 0) is 13.1 Å². The third-order valence-electron chi connectivity index (χ3n) is 3.34. The molecule has 2 aromatic carbocycles. The normalized spacial score (nSPS) is 10.6. The first-order valence-electron chi connectivity index (χ1n) is 7.58.